The normalized spacial score (nSPS) is 9.98. The molecule has 0 saturated carbocycles. The molecular formula is C40H35FO8. The van der Waals surface area contributed by atoms with Crippen molar-refractivity contribution in [3.63, 3.8) is 0 Å². The van der Waals surface area contributed by atoms with Gasteiger partial charge in [-0.1, -0.05) is 62.7 Å². The van der Waals surface area contributed by atoms with E-state index in [-0.39, 0.29) is 16.9 Å². The zero-order valence-electron chi connectivity index (χ0n) is 27.6. The first-order valence-electron chi connectivity index (χ1n) is 14.8. The Kier molecular flexibility index (Phi) is 12.9. The zero-order valence-corrected chi connectivity index (χ0v) is 27.6. The molecule has 0 atom stereocenters. The molecular weight excluding hydrogens is 627 g/mol. The third kappa shape index (κ3) is 11.1. The van der Waals surface area contributed by atoms with Gasteiger partial charge in [0.15, 0.2) is 0 Å². The lowest BCUT2D eigenvalue weighted by atomic mass is 10.0. The van der Waals surface area contributed by atoms with Crippen molar-refractivity contribution in [3.05, 3.63) is 145 Å². The largest absolute Gasteiger partial charge is 0.423 e. The van der Waals surface area contributed by atoms with Crippen LogP contribution in [0, 0.1) is 5.82 Å². The van der Waals surface area contributed by atoms with Gasteiger partial charge < -0.3 is 18.9 Å². The van der Waals surface area contributed by atoms with Gasteiger partial charge in [-0.3, -0.25) is 0 Å². The molecule has 0 unspecified atom stereocenters. The van der Waals surface area contributed by atoms with Crippen LogP contribution in [-0.2, 0) is 19.2 Å². The highest BCUT2D eigenvalue weighted by molar-refractivity contribution is 5.90. The summed E-state index contributed by atoms with van der Waals surface area (Å²) in [6, 6.07) is 24.7. The Morgan fingerprint density at radius 2 is 0.694 bits per heavy atom. The zero-order chi connectivity index (χ0) is 36.2. The van der Waals surface area contributed by atoms with Crippen LogP contribution in [-0.4, -0.2) is 23.9 Å². The minimum Gasteiger partial charge on any atom is -0.423 e. The van der Waals surface area contributed by atoms with E-state index in [9.17, 15) is 23.6 Å². The lowest BCUT2D eigenvalue weighted by Crippen LogP contribution is -2.08. The average molecular weight is 663 g/mol. The number of hydrogen-bond acceptors (Lipinski definition) is 8. The van der Waals surface area contributed by atoms with E-state index in [4.69, 9.17) is 18.9 Å². The summed E-state index contributed by atoms with van der Waals surface area (Å²) >= 11 is 0. The summed E-state index contributed by atoms with van der Waals surface area (Å²) in [5.74, 6) is -1.24. The first-order chi connectivity index (χ1) is 23.1. The van der Waals surface area contributed by atoms with Crippen LogP contribution in [0.1, 0.15) is 27.7 Å². The van der Waals surface area contributed by atoms with Crippen LogP contribution in [0.5, 0.6) is 23.0 Å². The maximum absolute atomic E-state index is 14.3. The van der Waals surface area contributed by atoms with Crippen molar-refractivity contribution in [1.29, 1.82) is 0 Å². The summed E-state index contributed by atoms with van der Waals surface area (Å²) in [4.78, 5) is 45.9. The van der Waals surface area contributed by atoms with Gasteiger partial charge in [-0.05, 0) is 92.9 Å². The summed E-state index contributed by atoms with van der Waals surface area (Å²) in [5, 5.41) is 0. The fourth-order valence-electron chi connectivity index (χ4n) is 3.70. The molecule has 0 radical (unpaired) electrons. The minimum atomic E-state index is -0.615. The van der Waals surface area contributed by atoms with Gasteiger partial charge in [0.2, 0.25) is 0 Å². The van der Waals surface area contributed by atoms with Crippen LogP contribution in [0.15, 0.2) is 140 Å². The fraction of sp³-hybridized carbons (Fsp3) is 0.100. The molecule has 0 spiro atoms. The Morgan fingerprint density at radius 1 is 0.429 bits per heavy atom. The Bertz CT molecular complexity index is 1850. The van der Waals surface area contributed by atoms with E-state index in [1.807, 2.05) is 24.3 Å². The summed E-state index contributed by atoms with van der Waals surface area (Å²) in [6.45, 7) is 20.3. The maximum Gasteiger partial charge on any atom is 0.338 e. The highest BCUT2D eigenvalue weighted by atomic mass is 19.1. The van der Waals surface area contributed by atoms with Gasteiger partial charge in [0, 0.05) is 33.9 Å². The molecule has 4 aromatic carbocycles. The van der Waals surface area contributed by atoms with Crippen LogP contribution in [0.3, 0.4) is 0 Å². The molecule has 0 aliphatic heterocycles. The van der Waals surface area contributed by atoms with Crippen LogP contribution in [0.25, 0.3) is 22.3 Å². The molecule has 0 aromatic heterocycles. The molecule has 0 aliphatic rings. The van der Waals surface area contributed by atoms with Gasteiger partial charge in [-0.2, -0.15) is 0 Å². The van der Waals surface area contributed by atoms with Crippen molar-refractivity contribution in [2.75, 3.05) is 0 Å². The average Bonchev–Trinajstić information content (AvgIpc) is 3.06. The van der Waals surface area contributed by atoms with Gasteiger partial charge in [0.25, 0.3) is 0 Å². The Labute approximate surface area is 284 Å². The summed E-state index contributed by atoms with van der Waals surface area (Å²) in [7, 11) is 0. The summed E-state index contributed by atoms with van der Waals surface area (Å²) in [6.07, 6.45) is 0. The van der Waals surface area contributed by atoms with Gasteiger partial charge in [-0.25, -0.2) is 23.6 Å². The molecule has 0 aliphatic carbocycles. The molecule has 0 N–H and O–H groups in total. The van der Waals surface area contributed by atoms with E-state index in [1.165, 1.54) is 19.1 Å². The minimum absolute atomic E-state index is 0.0984. The van der Waals surface area contributed by atoms with Crippen LogP contribution < -0.4 is 18.9 Å². The Balaban J connectivity index is 0.000000266. The Morgan fingerprint density at radius 3 is 0.980 bits per heavy atom. The molecule has 4 aromatic rings. The van der Waals surface area contributed by atoms with Crippen molar-refractivity contribution in [2.45, 2.75) is 27.7 Å². The standard InChI is InChI=1S/C20H17FO4.C20H18O4/c1-12(2)19(22)24-15-7-5-14(6-8-15)17-10-9-16(11-18(17)21)25-20(23)13(3)4;1-13(2)19(21)23-17-9-5-15(6-10-17)16-7-11-18(12-8-16)24-20(22)14(3)4/h5-11H,1,3H2,2,4H3;5-12H,1,3H2,2,4H3. The number of hydrogen-bond donors (Lipinski definition) is 0. The van der Waals surface area contributed by atoms with Crippen molar-refractivity contribution >= 4 is 23.9 Å². The second-order valence-corrected chi connectivity index (χ2v) is 10.9. The second-order valence-electron chi connectivity index (χ2n) is 10.9. The smallest absolute Gasteiger partial charge is 0.338 e. The first-order valence-corrected chi connectivity index (χ1v) is 14.8. The number of halogens is 1. The SMILES string of the molecule is C=C(C)C(=O)Oc1ccc(-c2ccc(OC(=O)C(=C)C)cc2)cc1.C=C(C)C(=O)Oc1ccc(-c2ccc(OC(=O)C(=C)C)cc2F)cc1. The van der Waals surface area contributed by atoms with Crippen molar-refractivity contribution in [2.24, 2.45) is 0 Å². The molecule has 9 heteroatoms. The van der Waals surface area contributed by atoms with Crippen LogP contribution in [0.4, 0.5) is 4.39 Å². The highest BCUT2D eigenvalue weighted by Gasteiger charge is 2.12. The number of benzene rings is 4. The van der Waals surface area contributed by atoms with E-state index >= 15 is 0 Å². The van der Waals surface area contributed by atoms with E-state index in [0.29, 0.717) is 39.5 Å². The molecule has 0 amide bonds. The van der Waals surface area contributed by atoms with Gasteiger partial charge in [-0.15, -0.1) is 0 Å². The topological polar surface area (TPSA) is 105 Å². The monoisotopic (exact) mass is 662 g/mol. The van der Waals surface area contributed by atoms with E-state index in [2.05, 4.69) is 26.3 Å². The van der Waals surface area contributed by atoms with E-state index < -0.39 is 29.7 Å². The number of carbonyl (C=O) groups excluding carboxylic acids is 4. The Hall–Kier alpha value is -6.35. The fourth-order valence-corrected chi connectivity index (χ4v) is 3.70. The lowest BCUT2D eigenvalue weighted by Gasteiger charge is -2.08. The lowest BCUT2D eigenvalue weighted by molar-refractivity contribution is -0.130. The molecule has 0 heterocycles. The van der Waals surface area contributed by atoms with Crippen molar-refractivity contribution in [1.82, 2.24) is 0 Å². The van der Waals surface area contributed by atoms with Crippen LogP contribution >= 0.6 is 0 Å². The van der Waals surface area contributed by atoms with Crippen molar-refractivity contribution < 1.29 is 42.5 Å². The maximum atomic E-state index is 14.3. The predicted octanol–water partition coefficient (Wildman–Crippen LogP) is 8.77. The number of ether oxygens (including phenoxy) is 4. The molecule has 4 rings (SSSR count). The molecule has 0 saturated heterocycles. The van der Waals surface area contributed by atoms with Gasteiger partial charge >= 0.3 is 23.9 Å². The molecule has 8 nitrogen and oxygen atoms in total. The van der Waals surface area contributed by atoms with E-state index in [1.54, 1.807) is 69.3 Å². The molecule has 49 heavy (non-hydrogen) atoms. The summed E-state index contributed by atoms with van der Waals surface area (Å²) < 4.78 is 34.7. The first kappa shape index (κ1) is 37.1. The third-order valence-electron chi connectivity index (χ3n) is 6.38. The number of esters is 4. The highest BCUT2D eigenvalue weighted by Crippen LogP contribution is 2.29. The summed E-state index contributed by atoms with van der Waals surface area (Å²) in [5.41, 5.74) is 4.02. The van der Waals surface area contributed by atoms with E-state index in [0.717, 1.165) is 17.2 Å². The second kappa shape index (κ2) is 17.0. The third-order valence-corrected chi connectivity index (χ3v) is 6.38. The van der Waals surface area contributed by atoms with Crippen LogP contribution in [0.2, 0.25) is 0 Å². The van der Waals surface area contributed by atoms with Gasteiger partial charge in [0.1, 0.15) is 28.8 Å². The molecule has 0 bridgehead atoms. The van der Waals surface area contributed by atoms with Crippen molar-refractivity contribution in [3.8, 4) is 45.3 Å². The van der Waals surface area contributed by atoms with Gasteiger partial charge in [0.05, 0.1) is 0 Å². The molecule has 0 fully saturated rings. The number of rotatable bonds is 10. The number of carbonyl (C=O) groups is 4. The molecule has 250 valence electrons. The quantitative estimate of drug-likeness (QED) is 0.0943. The predicted molar refractivity (Wildman–Crippen MR) is 186 cm³/mol.